The minimum atomic E-state index is -1.16. The molecule has 0 aliphatic carbocycles. The van der Waals surface area contributed by atoms with Crippen LogP contribution in [0.1, 0.15) is 26.3 Å². The van der Waals surface area contributed by atoms with Gasteiger partial charge in [-0.3, -0.25) is 4.90 Å². The van der Waals surface area contributed by atoms with Crippen LogP contribution >= 0.6 is 10.8 Å². The summed E-state index contributed by atoms with van der Waals surface area (Å²) in [7, 11) is 0.456. The molecule has 0 saturated carbocycles. The quantitative estimate of drug-likeness (QED) is 0.213. The van der Waals surface area contributed by atoms with Crippen molar-refractivity contribution in [2.75, 3.05) is 46.4 Å². The van der Waals surface area contributed by atoms with E-state index in [9.17, 15) is 9.35 Å². The number of aryl methyl sites for hydroxylation is 1. The zero-order valence-electron chi connectivity index (χ0n) is 24.9. The Labute approximate surface area is 250 Å². The first kappa shape index (κ1) is 29.7. The Morgan fingerprint density at radius 1 is 0.905 bits per heavy atom. The minimum absolute atomic E-state index is 0.252. The molecule has 1 unspecified atom stereocenters. The summed E-state index contributed by atoms with van der Waals surface area (Å²) in [6, 6.07) is 21.3. The van der Waals surface area contributed by atoms with Crippen LogP contribution in [0.15, 0.2) is 66.7 Å². The van der Waals surface area contributed by atoms with E-state index in [2.05, 4.69) is 4.90 Å². The molecule has 1 aliphatic heterocycles. The van der Waals surface area contributed by atoms with Crippen LogP contribution in [-0.4, -0.2) is 72.5 Å². The van der Waals surface area contributed by atoms with Gasteiger partial charge in [-0.15, -0.1) is 0 Å². The van der Waals surface area contributed by atoms with Crippen molar-refractivity contribution >= 4 is 26.9 Å². The van der Waals surface area contributed by atoms with Gasteiger partial charge in [0.15, 0.2) is 10.8 Å². The van der Waals surface area contributed by atoms with Gasteiger partial charge in [0.2, 0.25) is 10.4 Å². The summed E-state index contributed by atoms with van der Waals surface area (Å²) in [5, 5.41) is 0.851. The molecule has 0 spiro atoms. The van der Waals surface area contributed by atoms with Gasteiger partial charge in [0.1, 0.15) is 29.5 Å². The molecular weight excluding hydrogens is 552 g/mol. The smallest absolute Gasteiger partial charge is 0.410 e. The molecule has 42 heavy (non-hydrogen) atoms. The van der Waals surface area contributed by atoms with Gasteiger partial charge in [-0.1, -0.05) is 17.7 Å². The Bertz CT molecular complexity index is 1520. The van der Waals surface area contributed by atoms with Gasteiger partial charge < -0.3 is 23.8 Å². The van der Waals surface area contributed by atoms with Crippen molar-refractivity contribution in [3.8, 4) is 33.4 Å². The Balaban J connectivity index is 1.22. The highest BCUT2D eigenvalue weighted by molar-refractivity contribution is 7.35. The maximum atomic E-state index is 12.3. The summed E-state index contributed by atoms with van der Waals surface area (Å²) in [6.07, 6.45) is -0.252. The topological polar surface area (TPSA) is 80.7 Å². The summed E-state index contributed by atoms with van der Waals surface area (Å²) in [5.74, 6) is 2.74. The number of nitrogens with zero attached hydrogens (tertiary/aromatic N) is 2. The Hall–Kier alpha value is -3.79. The fourth-order valence-electron chi connectivity index (χ4n) is 4.84. The zero-order chi connectivity index (χ0) is 29.9. The van der Waals surface area contributed by atoms with Gasteiger partial charge in [-0.05, 0) is 76.2 Å². The van der Waals surface area contributed by atoms with E-state index in [-0.39, 0.29) is 6.09 Å². The van der Waals surface area contributed by atoms with Crippen LogP contribution in [0.5, 0.6) is 23.0 Å². The van der Waals surface area contributed by atoms with E-state index in [1.165, 1.54) is 0 Å². The summed E-state index contributed by atoms with van der Waals surface area (Å²) in [5.41, 5.74) is 1.58. The molecule has 2 heterocycles. The molecule has 1 aliphatic rings. The van der Waals surface area contributed by atoms with E-state index in [0.29, 0.717) is 36.9 Å². The fraction of sp³-hybridized carbons (Fsp3) is 0.364. The Morgan fingerprint density at radius 2 is 1.55 bits per heavy atom. The van der Waals surface area contributed by atoms with Gasteiger partial charge in [-0.2, -0.15) is 4.55 Å². The zero-order valence-corrected chi connectivity index (χ0v) is 25.7. The number of methoxy groups -OCH3 is 1. The van der Waals surface area contributed by atoms with Crippen molar-refractivity contribution in [3.05, 3.63) is 72.3 Å². The second-order valence-corrected chi connectivity index (χ2v) is 12.8. The second kappa shape index (κ2) is 12.6. The fourth-order valence-corrected chi connectivity index (χ4v) is 6.34. The lowest BCUT2D eigenvalue weighted by molar-refractivity contribution is 0.0137. The number of carbonyl (C=O) groups excluding carboxylic acids is 1. The molecule has 0 radical (unpaired) electrons. The third kappa shape index (κ3) is 6.98. The van der Waals surface area contributed by atoms with Crippen LogP contribution in [0.3, 0.4) is 0 Å². The van der Waals surface area contributed by atoms with Crippen LogP contribution in [0.2, 0.25) is 0 Å². The van der Waals surface area contributed by atoms with E-state index in [1.807, 2.05) is 94.4 Å². The molecule has 1 aromatic heterocycles. The van der Waals surface area contributed by atoms with Gasteiger partial charge in [0.05, 0.1) is 12.5 Å². The monoisotopic (exact) mass is 591 g/mol. The first-order chi connectivity index (χ1) is 20.1. The van der Waals surface area contributed by atoms with Gasteiger partial charge >= 0.3 is 6.09 Å². The average molecular weight is 592 g/mol. The molecule has 0 bridgehead atoms. The summed E-state index contributed by atoms with van der Waals surface area (Å²) >= 11 is 0. The van der Waals surface area contributed by atoms with E-state index in [4.69, 9.17) is 18.9 Å². The van der Waals surface area contributed by atoms with Crippen molar-refractivity contribution < 1.29 is 28.3 Å². The van der Waals surface area contributed by atoms with E-state index >= 15 is 0 Å². The Morgan fingerprint density at radius 3 is 2.19 bits per heavy atom. The standard InChI is InChI=1S/C33H39N2O6S/c1-23-6-8-24(9-7-23)31-30(28-15-14-27(38-5)22-29(28)42(31)37)40-26-12-10-25(11-13-26)39-21-20-34-16-18-35(19-17-34)32(36)41-33(2,3)4/h6-15,22,37H,16-21H2,1-5H3/q+1. The predicted octanol–water partition coefficient (Wildman–Crippen LogP) is 7.43. The normalized spacial score (nSPS) is 14.6. The third-order valence-electron chi connectivity index (χ3n) is 7.10. The van der Waals surface area contributed by atoms with Crippen molar-refractivity contribution in [2.24, 2.45) is 0 Å². The number of benzene rings is 3. The van der Waals surface area contributed by atoms with E-state index in [0.717, 1.165) is 51.5 Å². The minimum Gasteiger partial charge on any atom is -0.497 e. The average Bonchev–Trinajstić information content (AvgIpc) is 3.24. The van der Waals surface area contributed by atoms with Gasteiger partial charge in [0.25, 0.3) is 4.88 Å². The van der Waals surface area contributed by atoms with Crippen LogP contribution < -0.4 is 14.2 Å². The molecule has 8 nitrogen and oxygen atoms in total. The molecule has 1 atom stereocenters. The second-order valence-electron chi connectivity index (χ2n) is 11.4. The summed E-state index contributed by atoms with van der Waals surface area (Å²) < 4.78 is 35.5. The van der Waals surface area contributed by atoms with Gasteiger partial charge in [-0.25, -0.2) is 4.79 Å². The molecule has 1 saturated heterocycles. The molecule has 222 valence electrons. The lowest BCUT2D eigenvalue weighted by Crippen LogP contribution is -2.50. The predicted molar refractivity (Wildman–Crippen MR) is 167 cm³/mol. The molecule has 4 aromatic rings. The lowest BCUT2D eigenvalue weighted by Gasteiger charge is -2.35. The molecular formula is C33H39N2O6S+. The number of rotatable bonds is 8. The number of ether oxygens (including phenoxy) is 4. The Kier molecular flexibility index (Phi) is 8.91. The highest BCUT2D eigenvalue weighted by Crippen LogP contribution is 2.52. The molecule has 5 rings (SSSR count). The number of hydrogen-bond acceptors (Lipinski definition) is 7. The van der Waals surface area contributed by atoms with E-state index < -0.39 is 16.4 Å². The van der Waals surface area contributed by atoms with Crippen molar-refractivity contribution in [1.82, 2.24) is 9.80 Å². The number of amides is 1. The van der Waals surface area contributed by atoms with Crippen LogP contribution in [0, 0.1) is 6.92 Å². The SMILES string of the molecule is COc1ccc2c(Oc3ccc(OCCN4CCN(C(=O)OC(C)(C)C)CC4)cc3)c(-c3ccc(C)cc3)[s+](O)c2c1. The molecule has 9 heteroatoms. The number of thiophene rings is 1. The number of hydrogen-bond donors (Lipinski definition) is 1. The maximum absolute atomic E-state index is 12.3. The van der Waals surface area contributed by atoms with E-state index in [1.54, 1.807) is 12.0 Å². The largest absolute Gasteiger partial charge is 0.497 e. The van der Waals surface area contributed by atoms with Crippen LogP contribution in [0.25, 0.3) is 20.5 Å². The molecule has 1 amide bonds. The molecule has 1 N–H and O–H groups in total. The maximum Gasteiger partial charge on any atom is 0.410 e. The lowest BCUT2D eigenvalue weighted by atomic mass is 10.1. The highest BCUT2D eigenvalue weighted by Gasteiger charge is 2.31. The summed E-state index contributed by atoms with van der Waals surface area (Å²) in [4.78, 5) is 17.1. The molecule has 3 aromatic carbocycles. The number of carbonyl (C=O) groups is 1. The highest BCUT2D eigenvalue weighted by atomic mass is 32.2. The van der Waals surface area contributed by atoms with Crippen molar-refractivity contribution in [3.63, 3.8) is 0 Å². The van der Waals surface area contributed by atoms with Crippen LogP contribution in [0.4, 0.5) is 4.79 Å². The van der Waals surface area contributed by atoms with Crippen molar-refractivity contribution in [1.29, 1.82) is 0 Å². The van der Waals surface area contributed by atoms with Crippen molar-refractivity contribution in [2.45, 2.75) is 33.3 Å². The molecule has 1 fully saturated rings. The number of fused-ring (bicyclic) bond motifs is 1. The van der Waals surface area contributed by atoms with Crippen LogP contribution in [-0.2, 0) is 4.74 Å². The first-order valence-corrected chi connectivity index (χ1v) is 15.3. The first-order valence-electron chi connectivity index (χ1n) is 14.2. The third-order valence-corrected chi connectivity index (χ3v) is 8.66. The summed E-state index contributed by atoms with van der Waals surface area (Å²) in [6.45, 7) is 11.9. The van der Waals surface area contributed by atoms with Gasteiger partial charge in [0, 0.05) is 44.4 Å². The number of piperazine rings is 1.